The Balaban J connectivity index is 1.05. The van der Waals surface area contributed by atoms with E-state index in [9.17, 15) is 0 Å². The van der Waals surface area contributed by atoms with E-state index in [1.165, 1.54) is 130 Å². The van der Waals surface area contributed by atoms with Crippen LogP contribution in [0.25, 0.3) is 11.1 Å². The van der Waals surface area contributed by atoms with Gasteiger partial charge < -0.3 is 19.6 Å². The van der Waals surface area contributed by atoms with E-state index in [0.29, 0.717) is 0 Å². The minimum Gasteiger partial charge on any atom is -0.334 e. The molecule has 1 fully saturated rings. The predicted molar refractivity (Wildman–Crippen MR) is 363 cm³/mol. The van der Waals surface area contributed by atoms with Gasteiger partial charge in [-0.2, -0.15) is 0 Å². The van der Waals surface area contributed by atoms with E-state index in [2.05, 4.69) is 291 Å². The van der Waals surface area contributed by atoms with Crippen molar-refractivity contribution >= 4 is 85.7 Å². The fourth-order valence-corrected chi connectivity index (χ4v) is 16.8. The molecule has 0 saturated heterocycles. The lowest BCUT2D eigenvalue weighted by atomic mass is 9.33. The first kappa shape index (κ1) is 53.9. The molecule has 3 heterocycles. The van der Waals surface area contributed by atoms with E-state index < -0.39 is 0 Å². The normalized spacial score (nSPS) is 20.3. The highest BCUT2D eigenvalue weighted by Gasteiger charge is 2.58. The molecule has 0 bridgehead atoms. The summed E-state index contributed by atoms with van der Waals surface area (Å²) in [7, 11) is 0. The Morgan fingerprint density at radius 1 is 0.412 bits per heavy atom. The average molecular weight is 1110 g/mol. The summed E-state index contributed by atoms with van der Waals surface area (Å²) in [5.41, 5.74) is 30.4. The summed E-state index contributed by atoms with van der Waals surface area (Å²) in [4.78, 5) is 10.8. The first-order valence-corrected chi connectivity index (χ1v) is 31.8. The maximum absolute atomic E-state index is 2.85. The molecule has 0 N–H and O–H groups in total. The van der Waals surface area contributed by atoms with E-state index in [1.54, 1.807) is 0 Å². The fourth-order valence-electron chi connectivity index (χ4n) is 16.8. The third kappa shape index (κ3) is 8.51. The predicted octanol–water partition coefficient (Wildman–Crippen LogP) is 19.5. The highest BCUT2D eigenvalue weighted by atomic mass is 15.3. The number of anilines is 11. The summed E-state index contributed by atoms with van der Waals surface area (Å²) in [6.07, 6.45) is 8.95. The second-order valence-corrected chi connectivity index (χ2v) is 30.4. The Bertz CT molecular complexity index is 4120. The topological polar surface area (TPSA) is 13.0 Å². The number of hydrogen-bond donors (Lipinski definition) is 0. The van der Waals surface area contributed by atoms with Crippen LogP contribution in [-0.4, -0.2) is 12.3 Å². The van der Waals surface area contributed by atoms with Crippen LogP contribution in [0.4, 0.5) is 62.6 Å². The molecule has 5 heteroatoms. The van der Waals surface area contributed by atoms with Crippen molar-refractivity contribution in [3.8, 4) is 11.1 Å². The Kier molecular flexibility index (Phi) is 12.0. The third-order valence-electron chi connectivity index (χ3n) is 21.2. The number of hydrogen-bond acceptors (Lipinski definition) is 4. The summed E-state index contributed by atoms with van der Waals surface area (Å²) in [5.74, 6) is 0. The number of para-hydroxylation sites is 2. The Labute approximate surface area is 507 Å². The minimum atomic E-state index is -0.234. The van der Waals surface area contributed by atoms with Crippen LogP contribution in [-0.2, 0) is 41.9 Å². The van der Waals surface area contributed by atoms with Crippen LogP contribution in [0.5, 0.6) is 0 Å². The molecule has 6 aliphatic rings. The van der Waals surface area contributed by atoms with Gasteiger partial charge in [0.25, 0.3) is 6.71 Å². The van der Waals surface area contributed by atoms with Crippen molar-refractivity contribution in [3.63, 3.8) is 0 Å². The molecule has 2 unspecified atom stereocenters. The zero-order valence-electron chi connectivity index (χ0n) is 52.4. The molecule has 3 aliphatic carbocycles. The fraction of sp³-hybridized carbons (Fsp3) is 0.325. The van der Waals surface area contributed by atoms with Gasteiger partial charge in [0.1, 0.15) is 0 Å². The van der Waals surface area contributed by atoms with E-state index >= 15 is 0 Å². The zero-order valence-corrected chi connectivity index (χ0v) is 52.4. The molecular formula is C80H83BN4. The first-order valence-electron chi connectivity index (χ1n) is 31.8. The molecule has 0 aromatic heterocycles. The monoisotopic (exact) mass is 1110 g/mol. The van der Waals surface area contributed by atoms with E-state index in [1.807, 2.05) is 0 Å². The summed E-state index contributed by atoms with van der Waals surface area (Å²) in [6.45, 7) is 29.3. The van der Waals surface area contributed by atoms with Gasteiger partial charge in [-0.3, -0.25) is 0 Å². The van der Waals surface area contributed by atoms with Gasteiger partial charge >= 0.3 is 0 Å². The van der Waals surface area contributed by atoms with Crippen LogP contribution < -0.4 is 36.0 Å². The summed E-state index contributed by atoms with van der Waals surface area (Å²) in [5, 5.41) is 0. The molecule has 15 rings (SSSR count). The van der Waals surface area contributed by atoms with Crippen LogP contribution >= 0.6 is 0 Å². The Hall–Kier alpha value is -7.76. The molecule has 0 amide bonds. The van der Waals surface area contributed by atoms with E-state index in [0.717, 1.165) is 49.9 Å². The SMILES string of the molecule is CC1(C)Cc2ccc(N3c4cc5c(cc4B4c6cc(C(C)(C)C)ccc6N(c6ccc(C(C)(C)C)cc6-c6ccccc6)c6cc(N7c8ccc(N(c9ccccc9)c9ccccc9)cc8C8(C)CCCCC78C)cc3c64)CC(C)(C)C5)cc2C1. The molecule has 426 valence electrons. The molecular weight excluding hydrogens is 1030 g/mol. The van der Waals surface area contributed by atoms with Crippen LogP contribution in [0.2, 0.25) is 0 Å². The average Bonchev–Trinajstić information content (AvgIpc) is 1.76. The van der Waals surface area contributed by atoms with Gasteiger partial charge in [-0.15, -0.1) is 0 Å². The van der Waals surface area contributed by atoms with Crippen molar-refractivity contribution in [1.82, 2.24) is 0 Å². The van der Waals surface area contributed by atoms with E-state index in [4.69, 9.17) is 0 Å². The molecule has 85 heavy (non-hydrogen) atoms. The van der Waals surface area contributed by atoms with Gasteiger partial charge in [0.15, 0.2) is 0 Å². The standard InChI is InChI=1S/C80H83BN4/c1-75(2,3)57-31-35-68(64(43-57)52-24-16-13-17-25-52)84-70-36-32-58(76(4,5)6)44-67(70)81-66-41-55-50-78(9,10)51-56(55)42-71(66)83(61-33-30-53-48-77(7,8)49-54(53)40-61)72-46-63(47-73(84)74(72)81)85-69-37-34-62(45-65(69)79(11)38-22-23-39-80(79,85)12)82(59-26-18-14-19-27-59)60-28-20-15-21-29-60/h13-21,24-37,40-47H,22-23,38-39,48-51H2,1-12H3. The summed E-state index contributed by atoms with van der Waals surface area (Å²) < 4.78 is 0. The molecule has 0 spiro atoms. The molecule has 3 aliphatic heterocycles. The van der Waals surface area contributed by atoms with Gasteiger partial charge in [-0.1, -0.05) is 186 Å². The van der Waals surface area contributed by atoms with Gasteiger partial charge in [0.05, 0.1) is 11.2 Å². The van der Waals surface area contributed by atoms with Crippen molar-refractivity contribution in [2.45, 2.75) is 156 Å². The lowest BCUT2D eigenvalue weighted by Crippen LogP contribution is -2.62. The summed E-state index contributed by atoms with van der Waals surface area (Å²) >= 11 is 0. The minimum absolute atomic E-state index is 0.0128. The van der Waals surface area contributed by atoms with Crippen molar-refractivity contribution in [2.24, 2.45) is 10.8 Å². The second-order valence-electron chi connectivity index (χ2n) is 30.4. The van der Waals surface area contributed by atoms with E-state index in [-0.39, 0.29) is 39.3 Å². The van der Waals surface area contributed by atoms with Gasteiger partial charge in [0, 0.05) is 67.9 Å². The zero-order chi connectivity index (χ0) is 58.7. The molecule has 9 aromatic rings. The van der Waals surface area contributed by atoms with Crippen molar-refractivity contribution in [2.75, 3.05) is 19.6 Å². The Morgan fingerprint density at radius 3 is 1.60 bits per heavy atom. The molecule has 4 nitrogen and oxygen atoms in total. The molecule has 1 saturated carbocycles. The summed E-state index contributed by atoms with van der Waals surface area (Å²) in [6, 6.07) is 73.8. The van der Waals surface area contributed by atoms with Crippen LogP contribution in [0.1, 0.15) is 148 Å². The number of fused-ring (bicyclic) bond motifs is 9. The maximum Gasteiger partial charge on any atom is 0.252 e. The lowest BCUT2D eigenvalue weighted by Gasteiger charge is -2.51. The van der Waals surface area contributed by atoms with Crippen molar-refractivity contribution in [3.05, 3.63) is 227 Å². The van der Waals surface area contributed by atoms with Crippen LogP contribution in [0, 0.1) is 10.8 Å². The van der Waals surface area contributed by atoms with Gasteiger partial charge in [-0.25, -0.2) is 0 Å². The highest BCUT2D eigenvalue weighted by molar-refractivity contribution is 7.00. The van der Waals surface area contributed by atoms with Crippen molar-refractivity contribution in [1.29, 1.82) is 0 Å². The smallest absolute Gasteiger partial charge is 0.252 e. The molecule has 0 radical (unpaired) electrons. The van der Waals surface area contributed by atoms with Gasteiger partial charge in [-0.05, 0) is 219 Å². The van der Waals surface area contributed by atoms with Crippen LogP contribution in [0.15, 0.2) is 188 Å². The first-order chi connectivity index (χ1) is 40.6. The number of nitrogens with zero attached hydrogens (tertiary/aromatic N) is 4. The Morgan fingerprint density at radius 2 is 0.953 bits per heavy atom. The number of benzene rings is 9. The third-order valence-corrected chi connectivity index (χ3v) is 21.2. The largest absolute Gasteiger partial charge is 0.334 e. The number of rotatable bonds is 7. The van der Waals surface area contributed by atoms with Crippen LogP contribution in [0.3, 0.4) is 0 Å². The van der Waals surface area contributed by atoms with Crippen molar-refractivity contribution < 1.29 is 0 Å². The molecule has 2 atom stereocenters. The highest BCUT2D eigenvalue weighted by Crippen LogP contribution is 2.63. The second kappa shape index (κ2) is 18.9. The maximum atomic E-state index is 2.85. The molecule has 9 aromatic carbocycles. The quantitative estimate of drug-likeness (QED) is 0.147. The van der Waals surface area contributed by atoms with Gasteiger partial charge in [0.2, 0.25) is 0 Å². The lowest BCUT2D eigenvalue weighted by molar-refractivity contribution is 0.195.